The summed E-state index contributed by atoms with van der Waals surface area (Å²) in [5.74, 6) is -0.364. The number of aromatic carboxylic acids is 1. The molecule has 0 spiro atoms. The van der Waals surface area contributed by atoms with Gasteiger partial charge in [0.25, 0.3) is 0 Å². The number of carboxylic acids is 1. The van der Waals surface area contributed by atoms with Crippen LogP contribution < -0.4 is 10.6 Å². The normalized spacial score (nSPS) is 25.1. The van der Waals surface area contributed by atoms with Crippen LogP contribution in [0.25, 0.3) is 6.08 Å². The second-order valence-electron chi connectivity index (χ2n) is 9.27. The zero-order chi connectivity index (χ0) is 23.0. The van der Waals surface area contributed by atoms with E-state index in [-0.39, 0.29) is 5.69 Å². The van der Waals surface area contributed by atoms with Crippen molar-refractivity contribution in [3.8, 4) is 0 Å². The van der Waals surface area contributed by atoms with Crippen molar-refractivity contribution in [3.63, 3.8) is 0 Å². The summed E-state index contributed by atoms with van der Waals surface area (Å²) < 4.78 is 5.36. The summed E-state index contributed by atoms with van der Waals surface area (Å²) in [7, 11) is 1.77. The van der Waals surface area contributed by atoms with Gasteiger partial charge in [-0.25, -0.2) is 9.78 Å². The second-order valence-corrected chi connectivity index (χ2v) is 9.27. The van der Waals surface area contributed by atoms with E-state index in [9.17, 15) is 4.79 Å². The Morgan fingerprint density at radius 2 is 1.88 bits per heavy atom. The molecule has 1 aromatic carbocycles. The Bertz CT molecular complexity index is 921. The van der Waals surface area contributed by atoms with E-state index < -0.39 is 5.97 Å². The lowest BCUT2D eigenvalue weighted by Gasteiger charge is -2.30. The van der Waals surface area contributed by atoms with Crippen molar-refractivity contribution in [3.05, 3.63) is 71.1 Å². The lowest BCUT2D eigenvalue weighted by atomic mass is 9.91. The van der Waals surface area contributed by atoms with Crippen LogP contribution in [0.2, 0.25) is 0 Å². The first kappa shape index (κ1) is 23.6. The van der Waals surface area contributed by atoms with Gasteiger partial charge in [0, 0.05) is 44.6 Å². The summed E-state index contributed by atoms with van der Waals surface area (Å²) in [5, 5.41) is 16.5. The summed E-state index contributed by atoms with van der Waals surface area (Å²) in [6, 6.07) is 15.7. The Morgan fingerprint density at radius 3 is 2.55 bits per heavy atom. The number of hydrogen-bond acceptors (Lipinski definition) is 5. The van der Waals surface area contributed by atoms with E-state index in [0.717, 1.165) is 38.0 Å². The van der Waals surface area contributed by atoms with Crippen LogP contribution in [0.5, 0.6) is 0 Å². The number of methoxy groups -OCH3 is 1. The Balaban J connectivity index is 1.20. The fourth-order valence-electron chi connectivity index (χ4n) is 4.82. The summed E-state index contributed by atoms with van der Waals surface area (Å²) in [6.45, 7) is 1.50. The highest BCUT2D eigenvalue weighted by Gasteiger charge is 2.40. The van der Waals surface area contributed by atoms with Gasteiger partial charge in [-0.2, -0.15) is 0 Å². The van der Waals surface area contributed by atoms with Crippen LogP contribution in [0.1, 0.15) is 60.1 Å². The van der Waals surface area contributed by atoms with Gasteiger partial charge in [0.15, 0.2) is 0 Å². The molecule has 2 unspecified atom stereocenters. The number of rotatable bonds is 11. The molecular formula is C27H35N3O3. The van der Waals surface area contributed by atoms with Crippen LogP contribution in [0, 0.1) is 5.92 Å². The molecule has 0 amide bonds. The molecule has 0 saturated heterocycles. The van der Waals surface area contributed by atoms with Crippen molar-refractivity contribution in [1.29, 1.82) is 0 Å². The van der Waals surface area contributed by atoms with Gasteiger partial charge in [-0.15, -0.1) is 0 Å². The average Bonchev–Trinajstić information content (AvgIpc) is 3.61. The zero-order valence-electron chi connectivity index (χ0n) is 19.4. The molecule has 33 heavy (non-hydrogen) atoms. The van der Waals surface area contributed by atoms with E-state index in [4.69, 9.17) is 9.84 Å². The molecule has 2 fully saturated rings. The highest BCUT2D eigenvalue weighted by molar-refractivity contribution is 5.85. The van der Waals surface area contributed by atoms with Crippen molar-refractivity contribution in [1.82, 2.24) is 15.6 Å². The predicted molar refractivity (Wildman–Crippen MR) is 130 cm³/mol. The van der Waals surface area contributed by atoms with E-state index in [1.54, 1.807) is 19.4 Å². The number of nitrogens with zero attached hydrogens (tertiary/aromatic N) is 1. The molecule has 1 heterocycles. The van der Waals surface area contributed by atoms with Gasteiger partial charge in [-0.1, -0.05) is 48.0 Å². The topological polar surface area (TPSA) is 83.5 Å². The molecule has 2 aliphatic carbocycles. The van der Waals surface area contributed by atoms with Crippen LogP contribution >= 0.6 is 0 Å². The quantitative estimate of drug-likeness (QED) is 0.475. The Hall–Kier alpha value is -2.54. The van der Waals surface area contributed by atoms with Gasteiger partial charge in [-0.3, -0.25) is 0 Å². The maximum absolute atomic E-state index is 10.9. The average molecular weight is 450 g/mol. The van der Waals surface area contributed by atoms with Gasteiger partial charge < -0.3 is 20.5 Å². The standard InChI is InChI=1S/C27H35N3O3/c1-33-14-13-21(15-19-5-3-2-4-6-19)24-16-26(24)30-23-10-8-22(9-11-23)28-17-20-7-12-25(27(31)32)29-18-20/h2-7,12,15,18,22-24,26,28,30H,8-11,13-14,16-17H2,1H3,(H,31,32)/b21-15+/t22-,23-,24?,26?. The third-order valence-corrected chi connectivity index (χ3v) is 6.83. The van der Waals surface area contributed by atoms with Crippen LogP contribution in [0.4, 0.5) is 0 Å². The summed E-state index contributed by atoms with van der Waals surface area (Å²) in [4.78, 5) is 14.9. The van der Waals surface area contributed by atoms with Gasteiger partial charge in [-0.05, 0) is 61.6 Å². The van der Waals surface area contributed by atoms with E-state index in [2.05, 4.69) is 52.0 Å². The van der Waals surface area contributed by atoms with Gasteiger partial charge >= 0.3 is 5.97 Å². The minimum absolute atomic E-state index is 0.0905. The summed E-state index contributed by atoms with van der Waals surface area (Å²) in [6.07, 6.45) is 10.9. The molecule has 176 valence electrons. The third kappa shape index (κ3) is 6.97. The van der Waals surface area contributed by atoms with E-state index in [1.165, 1.54) is 30.4 Å². The first-order valence-corrected chi connectivity index (χ1v) is 12.0. The molecule has 2 saturated carbocycles. The van der Waals surface area contributed by atoms with Crippen LogP contribution in [-0.2, 0) is 11.3 Å². The Kier molecular flexibility index (Phi) is 8.26. The van der Waals surface area contributed by atoms with Crippen LogP contribution in [-0.4, -0.2) is 47.9 Å². The van der Waals surface area contributed by atoms with Crippen molar-refractivity contribution in [2.75, 3.05) is 13.7 Å². The number of hydrogen-bond donors (Lipinski definition) is 3. The minimum Gasteiger partial charge on any atom is -0.477 e. The SMILES string of the molecule is COCC/C(=C\c1ccccc1)C1CC1N[C@H]1CC[C@H](NCc2ccc(C(=O)O)nc2)CC1. The molecule has 4 rings (SSSR count). The number of pyridine rings is 1. The molecular weight excluding hydrogens is 414 g/mol. The third-order valence-electron chi connectivity index (χ3n) is 6.83. The molecule has 0 radical (unpaired) electrons. The second kappa shape index (κ2) is 11.5. The number of carboxylic acid groups (broad SMARTS) is 1. The largest absolute Gasteiger partial charge is 0.477 e. The van der Waals surface area contributed by atoms with Gasteiger partial charge in [0.1, 0.15) is 5.69 Å². The van der Waals surface area contributed by atoms with Crippen LogP contribution in [0.3, 0.4) is 0 Å². The molecule has 6 heteroatoms. The predicted octanol–water partition coefficient (Wildman–Crippen LogP) is 4.28. The highest BCUT2D eigenvalue weighted by Crippen LogP contribution is 2.41. The van der Waals surface area contributed by atoms with Crippen molar-refractivity contribution >= 4 is 12.0 Å². The van der Waals surface area contributed by atoms with Gasteiger partial charge in [0.2, 0.25) is 0 Å². The zero-order valence-corrected chi connectivity index (χ0v) is 19.4. The summed E-state index contributed by atoms with van der Waals surface area (Å²) in [5.41, 5.74) is 3.88. The van der Waals surface area contributed by atoms with E-state index >= 15 is 0 Å². The van der Waals surface area contributed by atoms with E-state index in [0.29, 0.717) is 24.0 Å². The molecule has 2 aromatic rings. The molecule has 0 aliphatic heterocycles. The lowest BCUT2D eigenvalue weighted by molar-refractivity contribution is 0.0690. The number of carbonyl (C=O) groups is 1. The first-order chi connectivity index (χ1) is 16.1. The Morgan fingerprint density at radius 1 is 1.12 bits per heavy atom. The number of nitrogens with one attached hydrogen (secondary N) is 2. The maximum atomic E-state index is 10.9. The monoisotopic (exact) mass is 449 g/mol. The van der Waals surface area contributed by atoms with Gasteiger partial charge in [0.05, 0.1) is 0 Å². The van der Waals surface area contributed by atoms with Crippen molar-refractivity contribution in [2.24, 2.45) is 5.92 Å². The minimum atomic E-state index is -0.986. The smallest absolute Gasteiger partial charge is 0.354 e. The molecule has 2 atom stereocenters. The Labute approximate surface area is 196 Å². The molecule has 3 N–H and O–H groups in total. The van der Waals surface area contributed by atoms with Crippen molar-refractivity contribution in [2.45, 2.75) is 63.2 Å². The first-order valence-electron chi connectivity index (χ1n) is 12.0. The fourth-order valence-corrected chi connectivity index (χ4v) is 4.82. The molecule has 1 aromatic heterocycles. The maximum Gasteiger partial charge on any atom is 0.354 e. The molecule has 0 bridgehead atoms. The number of benzene rings is 1. The number of ether oxygens (including phenoxy) is 1. The fraction of sp³-hybridized carbons (Fsp3) is 0.481. The van der Waals surface area contributed by atoms with Crippen molar-refractivity contribution < 1.29 is 14.6 Å². The molecule has 6 nitrogen and oxygen atoms in total. The number of aromatic nitrogens is 1. The lowest BCUT2D eigenvalue weighted by Crippen LogP contribution is -2.40. The van der Waals surface area contributed by atoms with Crippen LogP contribution in [0.15, 0.2) is 54.2 Å². The summed E-state index contributed by atoms with van der Waals surface area (Å²) >= 11 is 0. The molecule has 2 aliphatic rings. The van der Waals surface area contributed by atoms with E-state index in [1.807, 2.05) is 6.07 Å². The highest BCUT2D eigenvalue weighted by atomic mass is 16.5.